The van der Waals surface area contributed by atoms with Crippen molar-refractivity contribution in [3.05, 3.63) is 30.0 Å². The van der Waals surface area contributed by atoms with Gasteiger partial charge in [0, 0.05) is 19.2 Å². The Morgan fingerprint density at radius 2 is 2.22 bits per heavy atom. The van der Waals surface area contributed by atoms with Crippen LogP contribution in [0, 0.1) is 6.92 Å². The maximum Gasteiger partial charge on any atom is 0.204 e. The third-order valence-electron chi connectivity index (χ3n) is 2.75. The van der Waals surface area contributed by atoms with Crippen molar-refractivity contribution in [1.82, 2.24) is 9.97 Å². The number of nitrogens with zero attached hydrogens (tertiary/aromatic N) is 3. The van der Waals surface area contributed by atoms with Crippen molar-refractivity contribution in [3.8, 4) is 5.75 Å². The number of nitrogen functional groups attached to an aromatic ring is 1. The Morgan fingerprint density at radius 1 is 1.44 bits per heavy atom. The van der Waals surface area contributed by atoms with Crippen molar-refractivity contribution in [2.45, 2.75) is 13.5 Å². The molecule has 0 aliphatic heterocycles. The predicted octanol–water partition coefficient (Wildman–Crippen LogP) is 1.61. The summed E-state index contributed by atoms with van der Waals surface area (Å²) in [4.78, 5) is 10.0. The van der Waals surface area contributed by atoms with Crippen molar-refractivity contribution in [1.29, 1.82) is 0 Å². The normalized spacial score (nSPS) is 10.4. The number of rotatable bonds is 4. The van der Waals surface area contributed by atoms with Gasteiger partial charge in [0.25, 0.3) is 0 Å². The first-order valence-electron chi connectivity index (χ1n) is 5.52. The van der Waals surface area contributed by atoms with Gasteiger partial charge in [-0.15, -0.1) is 0 Å². The fourth-order valence-corrected chi connectivity index (χ4v) is 1.75. The first-order chi connectivity index (χ1) is 8.63. The van der Waals surface area contributed by atoms with Crippen molar-refractivity contribution in [2.24, 2.45) is 0 Å². The highest BCUT2D eigenvalue weighted by Gasteiger charge is 2.15. The summed E-state index contributed by atoms with van der Waals surface area (Å²) < 4.78 is 10.5. The lowest BCUT2D eigenvalue weighted by molar-refractivity contribution is 0.413. The van der Waals surface area contributed by atoms with E-state index in [2.05, 4.69) is 9.97 Å². The van der Waals surface area contributed by atoms with Crippen LogP contribution in [0.15, 0.2) is 23.1 Å². The van der Waals surface area contributed by atoms with E-state index in [0.717, 1.165) is 11.3 Å². The molecule has 0 aliphatic carbocycles. The molecule has 0 atom stereocenters. The largest absolute Gasteiger partial charge is 0.490 e. The number of furan rings is 1. The zero-order chi connectivity index (χ0) is 13.1. The molecule has 0 aromatic carbocycles. The monoisotopic (exact) mass is 248 g/mol. The lowest BCUT2D eigenvalue weighted by atomic mass is 10.2. The third kappa shape index (κ3) is 2.22. The van der Waals surface area contributed by atoms with Crippen LogP contribution in [0.1, 0.15) is 11.3 Å². The van der Waals surface area contributed by atoms with E-state index < -0.39 is 0 Å². The molecule has 0 unspecified atom stereocenters. The Kier molecular flexibility index (Phi) is 3.36. The zero-order valence-corrected chi connectivity index (χ0v) is 10.7. The van der Waals surface area contributed by atoms with E-state index in [1.807, 2.05) is 24.9 Å². The molecule has 0 radical (unpaired) electrons. The van der Waals surface area contributed by atoms with Crippen molar-refractivity contribution >= 4 is 11.6 Å². The van der Waals surface area contributed by atoms with Crippen LogP contribution in [0.5, 0.6) is 5.75 Å². The molecule has 0 aliphatic rings. The van der Waals surface area contributed by atoms with Crippen molar-refractivity contribution < 1.29 is 9.15 Å². The highest BCUT2D eigenvalue weighted by Crippen LogP contribution is 2.30. The molecule has 2 N–H and O–H groups in total. The number of nitrogens with two attached hydrogens (primary N) is 1. The molecule has 2 aromatic heterocycles. The summed E-state index contributed by atoms with van der Waals surface area (Å²) in [5, 5.41) is 0. The maximum atomic E-state index is 5.75. The van der Waals surface area contributed by atoms with Gasteiger partial charge in [-0.2, -0.15) is 0 Å². The first kappa shape index (κ1) is 12.2. The van der Waals surface area contributed by atoms with E-state index in [1.165, 1.54) is 6.33 Å². The Labute approximate surface area is 105 Å². The van der Waals surface area contributed by atoms with E-state index in [1.54, 1.807) is 13.4 Å². The van der Waals surface area contributed by atoms with Gasteiger partial charge in [-0.25, -0.2) is 9.97 Å². The maximum absolute atomic E-state index is 5.75. The second-order valence-electron chi connectivity index (χ2n) is 3.97. The minimum Gasteiger partial charge on any atom is -0.490 e. The number of ether oxygens (including phenoxy) is 1. The van der Waals surface area contributed by atoms with Crippen LogP contribution in [0.25, 0.3) is 0 Å². The van der Waals surface area contributed by atoms with E-state index in [9.17, 15) is 0 Å². The highest BCUT2D eigenvalue weighted by atomic mass is 16.5. The molecule has 6 nitrogen and oxygen atoms in total. The molecule has 0 amide bonds. The van der Waals surface area contributed by atoms with Gasteiger partial charge in [0.15, 0.2) is 11.6 Å². The van der Waals surface area contributed by atoms with Gasteiger partial charge in [0.1, 0.15) is 12.1 Å². The smallest absolute Gasteiger partial charge is 0.204 e. The SMILES string of the molecule is COc1c(N)ncnc1N(C)Cc1ccoc1C. The quantitative estimate of drug-likeness (QED) is 0.885. The van der Waals surface area contributed by atoms with E-state index in [-0.39, 0.29) is 0 Å². The molecule has 0 spiro atoms. The van der Waals surface area contributed by atoms with Gasteiger partial charge in [-0.05, 0) is 13.0 Å². The van der Waals surface area contributed by atoms with Crippen LogP contribution in [-0.4, -0.2) is 24.1 Å². The second-order valence-corrected chi connectivity index (χ2v) is 3.97. The molecule has 6 heteroatoms. The molecule has 2 heterocycles. The van der Waals surface area contributed by atoms with E-state index in [0.29, 0.717) is 23.9 Å². The summed E-state index contributed by atoms with van der Waals surface area (Å²) in [5.41, 5.74) is 6.85. The van der Waals surface area contributed by atoms with E-state index in [4.69, 9.17) is 14.9 Å². The van der Waals surface area contributed by atoms with Gasteiger partial charge < -0.3 is 19.8 Å². The summed E-state index contributed by atoms with van der Waals surface area (Å²) in [6, 6.07) is 1.93. The van der Waals surface area contributed by atoms with Crippen molar-refractivity contribution in [2.75, 3.05) is 24.8 Å². The standard InChI is InChI=1S/C12H16N4O2/c1-8-9(4-5-18-8)6-16(2)12-10(17-3)11(13)14-7-15-12/h4-5,7H,6H2,1-3H3,(H2,13,14,15). The van der Waals surface area contributed by atoms with Gasteiger partial charge >= 0.3 is 0 Å². The number of methoxy groups -OCH3 is 1. The molecule has 0 saturated heterocycles. The fraction of sp³-hybridized carbons (Fsp3) is 0.333. The first-order valence-corrected chi connectivity index (χ1v) is 5.52. The van der Waals surface area contributed by atoms with Gasteiger partial charge in [0.05, 0.1) is 13.4 Å². The third-order valence-corrected chi connectivity index (χ3v) is 2.75. The molecule has 0 fully saturated rings. The molecule has 0 saturated carbocycles. The Morgan fingerprint density at radius 3 is 2.83 bits per heavy atom. The number of anilines is 2. The highest BCUT2D eigenvalue weighted by molar-refractivity contribution is 5.62. The van der Waals surface area contributed by atoms with Crippen LogP contribution < -0.4 is 15.4 Å². The van der Waals surface area contributed by atoms with Crippen LogP contribution in [0.2, 0.25) is 0 Å². The van der Waals surface area contributed by atoms with E-state index >= 15 is 0 Å². The van der Waals surface area contributed by atoms with Crippen LogP contribution in [0.4, 0.5) is 11.6 Å². The summed E-state index contributed by atoms with van der Waals surface area (Å²) in [7, 11) is 3.46. The summed E-state index contributed by atoms with van der Waals surface area (Å²) in [6.45, 7) is 2.59. The number of aromatic nitrogens is 2. The molecule has 2 rings (SSSR count). The zero-order valence-electron chi connectivity index (χ0n) is 10.7. The van der Waals surface area contributed by atoms with Crippen LogP contribution >= 0.6 is 0 Å². The molecule has 18 heavy (non-hydrogen) atoms. The second kappa shape index (κ2) is 4.95. The Balaban J connectivity index is 2.26. The van der Waals surface area contributed by atoms with Gasteiger partial charge in [-0.3, -0.25) is 0 Å². The molecular formula is C12H16N4O2. The Hall–Kier alpha value is -2.24. The average molecular weight is 248 g/mol. The van der Waals surface area contributed by atoms with Crippen LogP contribution in [0.3, 0.4) is 0 Å². The van der Waals surface area contributed by atoms with Crippen LogP contribution in [-0.2, 0) is 6.54 Å². The molecule has 0 bridgehead atoms. The van der Waals surface area contributed by atoms with Gasteiger partial charge in [0.2, 0.25) is 5.75 Å². The number of hydrogen-bond acceptors (Lipinski definition) is 6. The molecular weight excluding hydrogens is 232 g/mol. The van der Waals surface area contributed by atoms with Gasteiger partial charge in [-0.1, -0.05) is 0 Å². The minimum atomic E-state index is 0.332. The predicted molar refractivity (Wildman–Crippen MR) is 68.5 cm³/mol. The molecule has 96 valence electrons. The fourth-order valence-electron chi connectivity index (χ4n) is 1.75. The topological polar surface area (TPSA) is 77.4 Å². The average Bonchev–Trinajstić information content (AvgIpc) is 2.74. The summed E-state index contributed by atoms with van der Waals surface area (Å²) in [6.07, 6.45) is 3.09. The number of hydrogen-bond donors (Lipinski definition) is 1. The summed E-state index contributed by atoms with van der Waals surface area (Å²) >= 11 is 0. The Bertz CT molecular complexity index is 539. The molecule has 2 aromatic rings. The lowest BCUT2D eigenvalue weighted by Crippen LogP contribution is -2.19. The summed E-state index contributed by atoms with van der Waals surface area (Å²) in [5.74, 6) is 2.37. The number of aryl methyl sites for hydroxylation is 1. The minimum absolute atomic E-state index is 0.332. The van der Waals surface area contributed by atoms with Crippen molar-refractivity contribution in [3.63, 3.8) is 0 Å². The lowest BCUT2D eigenvalue weighted by Gasteiger charge is -2.20.